The molecule has 2 rings (SSSR count). The van der Waals surface area contributed by atoms with Crippen LogP contribution in [0.2, 0.25) is 5.15 Å². The molecule has 0 unspecified atom stereocenters. The summed E-state index contributed by atoms with van der Waals surface area (Å²) < 4.78 is 1.54. The maximum absolute atomic E-state index is 12.1. The predicted octanol–water partition coefficient (Wildman–Crippen LogP) is 1.95. The fourth-order valence-electron chi connectivity index (χ4n) is 1.87. The molecule has 5 nitrogen and oxygen atoms in total. The third-order valence-corrected chi connectivity index (χ3v) is 3.20. The van der Waals surface area contributed by atoms with E-state index in [2.05, 4.69) is 10.4 Å². The van der Waals surface area contributed by atoms with Crippen LogP contribution >= 0.6 is 11.6 Å². The molecule has 2 aromatic rings. The first kappa shape index (κ1) is 14.6. The fraction of sp³-hybridized carbons (Fsp3) is 0.286. The number of hydrogen-bond donors (Lipinski definition) is 2. The van der Waals surface area contributed by atoms with E-state index in [4.69, 9.17) is 16.7 Å². The van der Waals surface area contributed by atoms with Gasteiger partial charge in [0.05, 0.1) is 16.9 Å². The summed E-state index contributed by atoms with van der Waals surface area (Å²) in [4.78, 5) is 12.1. The van der Waals surface area contributed by atoms with Crippen LogP contribution in [0.5, 0.6) is 0 Å². The van der Waals surface area contributed by atoms with Gasteiger partial charge in [0.15, 0.2) is 0 Å². The Bertz CT molecular complexity index is 596. The quantitative estimate of drug-likeness (QED) is 0.828. The lowest BCUT2D eigenvalue weighted by Gasteiger charge is -2.04. The molecule has 0 radical (unpaired) electrons. The maximum Gasteiger partial charge on any atom is 0.256 e. The zero-order valence-electron chi connectivity index (χ0n) is 11.1. The van der Waals surface area contributed by atoms with Gasteiger partial charge in [-0.15, -0.1) is 0 Å². The normalized spacial score (nSPS) is 10.6. The van der Waals surface area contributed by atoms with E-state index in [0.717, 1.165) is 5.69 Å². The molecular weight excluding hydrogens is 278 g/mol. The Labute approximate surface area is 122 Å². The van der Waals surface area contributed by atoms with Crippen molar-refractivity contribution in [2.24, 2.45) is 0 Å². The number of rotatable bonds is 5. The average Bonchev–Trinajstić information content (AvgIpc) is 2.75. The highest BCUT2D eigenvalue weighted by Gasteiger charge is 2.20. The summed E-state index contributed by atoms with van der Waals surface area (Å²) in [6.07, 6.45) is 0.509. The second kappa shape index (κ2) is 6.54. The highest BCUT2D eigenvalue weighted by atomic mass is 35.5. The van der Waals surface area contributed by atoms with Crippen molar-refractivity contribution >= 4 is 17.5 Å². The molecule has 0 atom stereocenters. The summed E-state index contributed by atoms with van der Waals surface area (Å²) in [6, 6.07) is 9.39. The molecule has 0 bridgehead atoms. The lowest BCUT2D eigenvalue weighted by atomic mass is 10.2. The SMILES string of the molecule is Cc1nn(-c2ccccc2)c(Cl)c1C(=O)NCCCO. The molecule has 20 heavy (non-hydrogen) atoms. The molecule has 1 aromatic heterocycles. The van der Waals surface area contributed by atoms with Gasteiger partial charge in [0.2, 0.25) is 0 Å². The Balaban J connectivity index is 2.28. The molecule has 0 aliphatic rings. The molecule has 6 heteroatoms. The number of aromatic nitrogens is 2. The van der Waals surface area contributed by atoms with Gasteiger partial charge in [0.1, 0.15) is 5.15 Å². The summed E-state index contributed by atoms with van der Waals surface area (Å²) in [6.45, 7) is 2.18. The van der Waals surface area contributed by atoms with E-state index in [0.29, 0.717) is 24.2 Å². The van der Waals surface area contributed by atoms with Crippen LogP contribution in [0.25, 0.3) is 5.69 Å². The van der Waals surface area contributed by atoms with Crippen LogP contribution < -0.4 is 5.32 Å². The molecular formula is C14H16ClN3O2. The van der Waals surface area contributed by atoms with Gasteiger partial charge in [-0.25, -0.2) is 4.68 Å². The van der Waals surface area contributed by atoms with Gasteiger partial charge in [-0.05, 0) is 25.5 Å². The van der Waals surface area contributed by atoms with E-state index in [1.807, 2.05) is 30.3 Å². The van der Waals surface area contributed by atoms with Crippen LogP contribution in [-0.2, 0) is 0 Å². The smallest absolute Gasteiger partial charge is 0.256 e. The van der Waals surface area contributed by atoms with Crippen molar-refractivity contribution in [1.29, 1.82) is 0 Å². The third kappa shape index (κ3) is 3.00. The molecule has 0 aliphatic heterocycles. The minimum atomic E-state index is -0.275. The largest absolute Gasteiger partial charge is 0.396 e. The number of aliphatic hydroxyl groups excluding tert-OH is 1. The molecule has 1 aromatic carbocycles. The molecule has 2 N–H and O–H groups in total. The van der Waals surface area contributed by atoms with Gasteiger partial charge < -0.3 is 10.4 Å². The van der Waals surface area contributed by atoms with Gasteiger partial charge >= 0.3 is 0 Å². The van der Waals surface area contributed by atoms with Crippen LogP contribution in [0.3, 0.4) is 0 Å². The molecule has 106 valence electrons. The Morgan fingerprint density at radius 2 is 2.10 bits per heavy atom. The van der Waals surface area contributed by atoms with Crippen molar-refractivity contribution in [3.05, 3.63) is 46.7 Å². The number of carbonyl (C=O) groups is 1. The monoisotopic (exact) mass is 293 g/mol. The highest BCUT2D eigenvalue weighted by Crippen LogP contribution is 2.23. The summed E-state index contributed by atoms with van der Waals surface area (Å²) >= 11 is 6.26. The van der Waals surface area contributed by atoms with Crippen LogP contribution in [-0.4, -0.2) is 33.9 Å². The zero-order chi connectivity index (χ0) is 14.5. The Morgan fingerprint density at radius 1 is 1.40 bits per heavy atom. The number of para-hydroxylation sites is 1. The number of amides is 1. The van der Waals surface area contributed by atoms with Crippen molar-refractivity contribution in [3.63, 3.8) is 0 Å². The topological polar surface area (TPSA) is 67.2 Å². The van der Waals surface area contributed by atoms with Gasteiger partial charge in [0, 0.05) is 13.2 Å². The number of carbonyl (C=O) groups excluding carboxylic acids is 1. The molecule has 0 saturated heterocycles. The summed E-state index contributed by atoms with van der Waals surface area (Å²) in [5, 5.41) is 16.0. The van der Waals surface area contributed by atoms with E-state index in [-0.39, 0.29) is 17.7 Å². The molecule has 1 heterocycles. The van der Waals surface area contributed by atoms with Crippen LogP contribution in [0.15, 0.2) is 30.3 Å². The van der Waals surface area contributed by atoms with Crippen LogP contribution in [0.4, 0.5) is 0 Å². The number of hydrogen-bond acceptors (Lipinski definition) is 3. The zero-order valence-corrected chi connectivity index (χ0v) is 11.9. The van der Waals surface area contributed by atoms with Crippen molar-refractivity contribution in [1.82, 2.24) is 15.1 Å². The van der Waals surface area contributed by atoms with Gasteiger partial charge in [-0.1, -0.05) is 29.8 Å². The standard InChI is InChI=1S/C14H16ClN3O2/c1-10-12(14(20)16-8-5-9-19)13(15)18(17-10)11-6-3-2-4-7-11/h2-4,6-7,19H,5,8-9H2,1H3,(H,16,20). The van der Waals surface area contributed by atoms with Gasteiger partial charge in [-0.3, -0.25) is 4.79 Å². The first-order valence-corrected chi connectivity index (χ1v) is 6.72. The molecule has 0 fully saturated rings. The average molecular weight is 294 g/mol. The van der Waals surface area contributed by atoms with E-state index in [1.54, 1.807) is 6.92 Å². The molecule has 0 saturated carbocycles. The fourth-order valence-corrected chi connectivity index (χ4v) is 2.22. The lowest BCUT2D eigenvalue weighted by molar-refractivity contribution is 0.0950. The third-order valence-electron chi connectivity index (χ3n) is 2.85. The van der Waals surface area contributed by atoms with E-state index in [9.17, 15) is 4.79 Å². The number of benzene rings is 1. The van der Waals surface area contributed by atoms with Crippen molar-refractivity contribution in [2.75, 3.05) is 13.2 Å². The van der Waals surface area contributed by atoms with Crippen molar-refractivity contribution in [3.8, 4) is 5.69 Å². The maximum atomic E-state index is 12.1. The highest BCUT2D eigenvalue weighted by molar-refractivity contribution is 6.33. The molecule has 0 spiro atoms. The number of halogens is 1. The second-order valence-corrected chi connectivity index (χ2v) is 4.69. The Morgan fingerprint density at radius 3 is 2.75 bits per heavy atom. The van der Waals surface area contributed by atoms with E-state index < -0.39 is 0 Å². The van der Waals surface area contributed by atoms with E-state index in [1.165, 1.54) is 4.68 Å². The summed E-state index contributed by atoms with van der Waals surface area (Å²) in [5.74, 6) is -0.275. The van der Waals surface area contributed by atoms with Gasteiger partial charge in [-0.2, -0.15) is 5.10 Å². The molecule has 0 aliphatic carbocycles. The first-order valence-electron chi connectivity index (χ1n) is 6.34. The minimum absolute atomic E-state index is 0.0380. The minimum Gasteiger partial charge on any atom is -0.396 e. The van der Waals surface area contributed by atoms with E-state index >= 15 is 0 Å². The van der Waals surface area contributed by atoms with Crippen molar-refractivity contribution < 1.29 is 9.90 Å². The van der Waals surface area contributed by atoms with Gasteiger partial charge in [0.25, 0.3) is 5.91 Å². The molecule has 1 amide bonds. The first-order chi connectivity index (χ1) is 9.65. The summed E-state index contributed by atoms with van der Waals surface area (Å²) in [5.41, 5.74) is 1.74. The number of nitrogens with zero attached hydrogens (tertiary/aromatic N) is 2. The van der Waals surface area contributed by atoms with Crippen molar-refractivity contribution in [2.45, 2.75) is 13.3 Å². The Kier molecular flexibility index (Phi) is 4.76. The van der Waals surface area contributed by atoms with Crippen LogP contribution in [0, 0.1) is 6.92 Å². The second-order valence-electron chi connectivity index (χ2n) is 4.33. The Hall–Kier alpha value is -1.85. The predicted molar refractivity (Wildman–Crippen MR) is 77.3 cm³/mol. The van der Waals surface area contributed by atoms with Crippen LogP contribution in [0.1, 0.15) is 22.5 Å². The number of aliphatic hydroxyl groups is 1. The summed E-state index contributed by atoms with van der Waals surface area (Å²) in [7, 11) is 0. The lowest BCUT2D eigenvalue weighted by Crippen LogP contribution is -2.25. The number of nitrogens with one attached hydrogen (secondary N) is 1. The number of aryl methyl sites for hydroxylation is 1.